The van der Waals surface area contributed by atoms with E-state index in [1.165, 1.54) is 12.0 Å². The molecule has 2 aromatic carbocycles. The molecule has 4 nitrogen and oxygen atoms in total. The van der Waals surface area contributed by atoms with Gasteiger partial charge in [-0.2, -0.15) is 0 Å². The molecular formula is C26H30N2O2. The van der Waals surface area contributed by atoms with Crippen LogP contribution in [0.5, 0.6) is 5.75 Å². The molecule has 1 fully saturated rings. The second-order valence-electron chi connectivity index (χ2n) is 8.64. The third kappa shape index (κ3) is 3.91. The number of anilines is 1. The molecule has 1 aliphatic carbocycles. The van der Waals surface area contributed by atoms with Crippen molar-refractivity contribution in [1.82, 2.24) is 4.98 Å². The van der Waals surface area contributed by atoms with Gasteiger partial charge >= 0.3 is 0 Å². The molecule has 1 heterocycles. The minimum absolute atomic E-state index is 0.0578. The zero-order valence-corrected chi connectivity index (χ0v) is 18.1. The number of ether oxygens (including phenoxy) is 1. The Balaban J connectivity index is 1.72. The van der Waals surface area contributed by atoms with Crippen LogP contribution in [0.4, 0.5) is 5.69 Å². The monoisotopic (exact) mass is 402 g/mol. The van der Waals surface area contributed by atoms with Crippen molar-refractivity contribution in [2.45, 2.75) is 64.4 Å². The number of benzene rings is 2. The van der Waals surface area contributed by atoms with E-state index in [-0.39, 0.29) is 12.0 Å². The average molecular weight is 403 g/mol. The van der Waals surface area contributed by atoms with Gasteiger partial charge in [-0.25, -0.2) is 0 Å². The number of aryl methyl sites for hydroxylation is 1. The molecule has 0 saturated heterocycles. The number of carbonyl (C=O) groups is 1. The summed E-state index contributed by atoms with van der Waals surface area (Å²) < 4.78 is 5.93. The number of rotatable bonds is 5. The van der Waals surface area contributed by atoms with Gasteiger partial charge in [0.1, 0.15) is 11.3 Å². The molecule has 0 atom stereocenters. The minimum Gasteiger partial charge on any atom is -0.489 e. The molecule has 3 aromatic rings. The lowest BCUT2D eigenvalue weighted by Gasteiger charge is -2.36. The number of fused-ring (bicyclic) bond motifs is 1. The van der Waals surface area contributed by atoms with Crippen molar-refractivity contribution >= 4 is 22.5 Å². The van der Waals surface area contributed by atoms with Gasteiger partial charge in [-0.05, 0) is 63.4 Å². The van der Waals surface area contributed by atoms with E-state index in [1.54, 1.807) is 6.20 Å². The number of pyridine rings is 1. The molecule has 1 aliphatic rings. The molecule has 4 heteroatoms. The summed E-state index contributed by atoms with van der Waals surface area (Å²) in [7, 11) is 0. The van der Waals surface area contributed by atoms with Gasteiger partial charge in [0.15, 0.2) is 0 Å². The average Bonchev–Trinajstić information content (AvgIpc) is 2.75. The van der Waals surface area contributed by atoms with Gasteiger partial charge in [-0.1, -0.05) is 49.1 Å². The standard InChI is InChI=1S/C26H30N2O2/c1-18(2)30-23-13-12-22(21-11-8-16-27-24(21)23)28-25(29)26(14-5-4-6-15-26)20-10-7-9-19(3)17-20/h7-13,16-18H,4-6,14-15H2,1-3H3,(H,28,29). The summed E-state index contributed by atoms with van der Waals surface area (Å²) in [5, 5.41) is 4.16. The Bertz CT molecular complexity index is 1050. The van der Waals surface area contributed by atoms with Gasteiger partial charge < -0.3 is 10.1 Å². The third-order valence-electron chi connectivity index (χ3n) is 6.06. The normalized spacial score (nSPS) is 15.9. The van der Waals surface area contributed by atoms with Crippen LogP contribution < -0.4 is 10.1 Å². The van der Waals surface area contributed by atoms with Gasteiger partial charge in [-0.15, -0.1) is 0 Å². The molecule has 0 spiro atoms. The van der Waals surface area contributed by atoms with Gasteiger partial charge in [0, 0.05) is 11.6 Å². The molecule has 156 valence electrons. The summed E-state index contributed by atoms with van der Waals surface area (Å²) in [6, 6.07) is 16.2. The summed E-state index contributed by atoms with van der Waals surface area (Å²) in [6.07, 6.45) is 6.92. The maximum absolute atomic E-state index is 13.7. The fourth-order valence-electron chi connectivity index (χ4n) is 4.59. The van der Waals surface area contributed by atoms with E-state index in [9.17, 15) is 4.79 Å². The van der Waals surface area contributed by atoms with Crippen LogP contribution in [0, 0.1) is 6.92 Å². The molecule has 0 unspecified atom stereocenters. The van der Waals surface area contributed by atoms with E-state index in [0.717, 1.165) is 53.6 Å². The number of aromatic nitrogens is 1. The number of carbonyl (C=O) groups excluding carboxylic acids is 1. The van der Waals surface area contributed by atoms with E-state index < -0.39 is 5.41 Å². The molecule has 1 N–H and O–H groups in total. The number of nitrogens with one attached hydrogen (secondary N) is 1. The predicted octanol–water partition coefficient (Wildman–Crippen LogP) is 6.17. The van der Waals surface area contributed by atoms with Crippen LogP contribution in [-0.4, -0.2) is 17.0 Å². The van der Waals surface area contributed by atoms with Gasteiger partial charge in [-0.3, -0.25) is 9.78 Å². The topological polar surface area (TPSA) is 51.2 Å². The first kappa shape index (κ1) is 20.4. The van der Waals surface area contributed by atoms with Crippen molar-refractivity contribution < 1.29 is 9.53 Å². The lowest BCUT2D eigenvalue weighted by atomic mass is 9.68. The Morgan fingerprint density at radius 3 is 2.60 bits per heavy atom. The van der Waals surface area contributed by atoms with E-state index in [1.807, 2.05) is 38.1 Å². The first-order valence-electron chi connectivity index (χ1n) is 10.9. The van der Waals surface area contributed by atoms with Crippen LogP contribution >= 0.6 is 0 Å². The predicted molar refractivity (Wildman–Crippen MR) is 122 cm³/mol. The summed E-state index contributed by atoms with van der Waals surface area (Å²) in [6.45, 7) is 6.09. The quantitative estimate of drug-likeness (QED) is 0.555. The lowest BCUT2D eigenvalue weighted by molar-refractivity contribution is -0.122. The summed E-state index contributed by atoms with van der Waals surface area (Å²) in [5.41, 5.74) is 3.40. The van der Waals surface area contributed by atoms with Crippen LogP contribution in [0.15, 0.2) is 54.7 Å². The first-order chi connectivity index (χ1) is 14.5. The van der Waals surface area contributed by atoms with E-state index in [0.29, 0.717) is 0 Å². The van der Waals surface area contributed by atoms with Crippen LogP contribution in [0.25, 0.3) is 10.9 Å². The zero-order valence-electron chi connectivity index (χ0n) is 18.1. The molecule has 1 aromatic heterocycles. The second-order valence-corrected chi connectivity index (χ2v) is 8.64. The van der Waals surface area contributed by atoms with Crippen molar-refractivity contribution in [3.63, 3.8) is 0 Å². The highest BCUT2D eigenvalue weighted by Crippen LogP contribution is 2.41. The Morgan fingerprint density at radius 2 is 1.87 bits per heavy atom. The van der Waals surface area contributed by atoms with Crippen LogP contribution in [0.2, 0.25) is 0 Å². The van der Waals surface area contributed by atoms with Crippen LogP contribution in [0.3, 0.4) is 0 Å². The van der Waals surface area contributed by atoms with Crippen molar-refractivity contribution in [2.75, 3.05) is 5.32 Å². The Kier molecular flexibility index (Phi) is 5.76. The molecule has 30 heavy (non-hydrogen) atoms. The highest BCUT2D eigenvalue weighted by atomic mass is 16.5. The molecule has 0 bridgehead atoms. The fraction of sp³-hybridized carbons (Fsp3) is 0.385. The first-order valence-corrected chi connectivity index (χ1v) is 10.9. The number of amides is 1. The van der Waals surface area contributed by atoms with Crippen molar-refractivity contribution in [2.24, 2.45) is 0 Å². The summed E-state index contributed by atoms with van der Waals surface area (Å²) in [4.78, 5) is 18.3. The van der Waals surface area contributed by atoms with E-state index >= 15 is 0 Å². The highest BCUT2D eigenvalue weighted by Gasteiger charge is 2.41. The minimum atomic E-state index is -0.480. The second kappa shape index (κ2) is 8.47. The Morgan fingerprint density at radius 1 is 1.07 bits per heavy atom. The SMILES string of the molecule is Cc1cccc(C2(C(=O)Nc3ccc(OC(C)C)c4ncccc34)CCCCC2)c1. The molecule has 1 amide bonds. The number of hydrogen-bond donors (Lipinski definition) is 1. The van der Waals surface area contributed by atoms with Crippen molar-refractivity contribution in [1.29, 1.82) is 0 Å². The number of hydrogen-bond acceptors (Lipinski definition) is 3. The number of nitrogens with zero attached hydrogens (tertiary/aromatic N) is 1. The van der Waals surface area contributed by atoms with Crippen molar-refractivity contribution in [3.8, 4) is 5.75 Å². The molecule has 1 saturated carbocycles. The Hall–Kier alpha value is -2.88. The highest BCUT2D eigenvalue weighted by molar-refractivity contribution is 6.06. The summed E-state index contributed by atoms with van der Waals surface area (Å²) in [5.74, 6) is 0.820. The van der Waals surface area contributed by atoms with Gasteiger partial charge in [0.25, 0.3) is 0 Å². The largest absolute Gasteiger partial charge is 0.489 e. The molecular weight excluding hydrogens is 372 g/mol. The third-order valence-corrected chi connectivity index (χ3v) is 6.06. The maximum atomic E-state index is 13.7. The lowest BCUT2D eigenvalue weighted by Crippen LogP contribution is -2.42. The molecule has 4 rings (SSSR count). The molecule has 0 radical (unpaired) electrons. The summed E-state index contributed by atoms with van der Waals surface area (Å²) >= 11 is 0. The Labute approximate surface area is 178 Å². The zero-order chi connectivity index (χ0) is 21.1. The van der Waals surface area contributed by atoms with Crippen LogP contribution in [0.1, 0.15) is 57.1 Å². The molecule has 0 aliphatic heterocycles. The van der Waals surface area contributed by atoms with Crippen LogP contribution in [-0.2, 0) is 10.2 Å². The van der Waals surface area contributed by atoms with Crippen molar-refractivity contribution in [3.05, 3.63) is 65.9 Å². The maximum Gasteiger partial charge on any atom is 0.235 e. The van der Waals surface area contributed by atoms with Gasteiger partial charge in [0.05, 0.1) is 17.2 Å². The van der Waals surface area contributed by atoms with Gasteiger partial charge in [0.2, 0.25) is 5.91 Å². The van der Waals surface area contributed by atoms with E-state index in [4.69, 9.17) is 4.74 Å². The van der Waals surface area contributed by atoms with E-state index in [2.05, 4.69) is 41.5 Å². The smallest absolute Gasteiger partial charge is 0.235 e. The fourth-order valence-corrected chi connectivity index (χ4v) is 4.59.